The molecule has 4 heterocycles. The summed E-state index contributed by atoms with van der Waals surface area (Å²) in [4.78, 5) is 25.2. The number of piperazine rings is 1. The van der Waals surface area contributed by atoms with Gasteiger partial charge >= 0.3 is 0 Å². The molecule has 2 N–H and O–H groups in total. The fraction of sp³-hybridized carbons (Fsp3) is 0.387. The highest BCUT2D eigenvalue weighted by atomic mass is 16.5. The number of carbonyl (C=O) groups excluding carboxylic acids is 1. The van der Waals surface area contributed by atoms with Crippen LogP contribution in [-0.4, -0.2) is 62.5 Å². The van der Waals surface area contributed by atoms with Crippen LogP contribution in [0.4, 0.5) is 5.82 Å². The summed E-state index contributed by atoms with van der Waals surface area (Å²) in [5, 5.41) is 0.909. The van der Waals surface area contributed by atoms with Crippen LogP contribution in [0.3, 0.4) is 0 Å². The van der Waals surface area contributed by atoms with Gasteiger partial charge in [0.05, 0.1) is 5.39 Å². The molecular weight excluding hydrogens is 488 g/mol. The van der Waals surface area contributed by atoms with Crippen LogP contribution in [0.2, 0.25) is 0 Å². The van der Waals surface area contributed by atoms with Gasteiger partial charge in [0.2, 0.25) is 5.91 Å². The second-order valence-electron chi connectivity index (χ2n) is 11.1. The van der Waals surface area contributed by atoms with E-state index in [1.807, 2.05) is 11.0 Å². The van der Waals surface area contributed by atoms with E-state index in [9.17, 15) is 4.79 Å². The van der Waals surface area contributed by atoms with Crippen LogP contribution in [0, 0.1) is 0 Å². The molecule has 7 rings (SSSR count). The third kappa shape index (κ3) is 4.33. The molecule has 39 heavy (non-hydrogen) atoms. The number of aryl methyl sites for hydroxylation is 1. The lowest BCUT2D eigenvalue weighted by atomic mass is 9.85. The predicted molar refractivity (Wildman–Crippen MR) is 151 cm³/mol. The Hall–Kier alpha value is -3.91. The monoisotopic (exact) mass is 522 g/mol. The second-order valence-corrected chi connectivity index (χ2v) is 11.1. The molecular formula is C31H34N6O2. The lowest BCUT2D eigenvalue weighted by Gasteiger charge is -2.46. The summed E-state index contributed by atoms with van der Waals surface area (Å²) in [6, 6.07) is 17.9. The minimum atomic E-state index is 0.0629. The maximum absolute atomic E-state index is 11.7. The molecule has 2 fully saturated rings. The first kappa shape index (κ1) is 24.2. The van der Waals surface area contributed by atoms with Gasteiger partial charge in [0.15, 0.2) is 0 Å². The summed E-state index contributed by atoms with van der Waals surface area (Å²) >= 11 is 0. The van der Waals surface area contributed by atoms with E-state index in [0.29, 0.717) is 17.9 Å². The Kier molecular flexibility index (Phi) is 6.00. The molecule has 2 aromatic carbocycles. The van der Waals surface area contributed by atoms with Gasteiger partial charge in [-0.2, -0.15) is 0 Å². The van der Waals surface area contributed by atoms with Crippen LogP contribution in [0.1, 0.15) is 49.5 Å². The van der Waals surface area contributed by atoms with Gasteiger partial charge in [-0.25, -0.2) is 9.97 Å². The predicted octanol–water partition coefficient (Wildman–Crippen LogP) is 4.61. The lowest BCUT2D eigenvalue weighted by Crippen LogP contribution is -2.54. The Morgan fingerprint density at radius 3 is 2.56 bits per heavy atom. The standard InChI is InChI=1S/C31H34N6O2/c1-20(38)35-11-13-36(14-12-35)24-16-25(17-24)37-18-26(29-30(32)33-19-34-31(29)37)23-8-7-22-9-10-27(39-28(22)15-23)21-5-3-2-4-6-21/h2-8,15,18-19,24-25,27H,9-14,16-17H2,1H3,(H2,32,33,34). The Bertz CT molecular complexity index is 1520. The average Bonchev–Trinajstić information content (AvgIpc) is 3.33. The van der Waals surface area contributed by atoms with Crippen molar-refractivity contribution in [3.05, 3.63) is 72.2 Å². The molecule has 4 aromatic rings. The number of nitrogens with two attached hydrogens (primary N) is 1. The highest BCUT2D eigenvalue weighted by molar-refractivity contribution is 6.01. The second kappa shape index (κ2) is 9.68. The summed E-state index contributed by atoms with van der Waals surface area (Å²) in [5.74, 6) is 1.62. The van der Waals surface area contributed by atoms with E-state index in [2.05, 4.69) is 68.1 Å². The molecule has 1 saturated heterocycles. The number of benzene rings is 2. The number of hydrogen-bond donors (Lipinski definition) is 1. The molecule has 0 bridgehead atoms. The fourth-order valence-corrected chi connectivity index (χ4v) is 6.53. The summed E-state index contributed by atoms with van der Waals surface area (Å²) in [6.07, 6.45) is 7.94. The van der Waals surface area contributed by atoms with Gasteiger partial charge in [-0.1, -0.05) is 42.5 Å². The maximum Gasteiger partial charge on any atom is 0.219 e. The number of nitrogens with zero attached hydrogens (tertiary/aromatic N) is 5. The molecule has 200 valence electrons. The summed E-state index contributed by atoms with van der Waals surface area (Å²) in [6.45, 7) is 5.20. The minimum absolute atomic E-state index is 0.0629. The topological polar surface area (TPSA) is 89.5 Å². The number of hydrogen-bond acceptors (Lipinski definition) is 6. The summed E-state index contributed by atoms with van der Waals surface area (Å²) in [5.41, 5.74) is 11.9. The number of rotatable bonds is 4. The van der Waals surface area contributed by atoms with E-state index in [1.54, 1.807) is 13.3 Å². The van der Waals surface area contributed by atoms with Crippen molar-refractivity contribution < 1.29 is 9.53 Å². The van der Waals surface area contributed by atoms with Crippen LogP contribution in [-0.2, 0) is 11.2 Å². The van der Waals surface area contributed by atoms with Crippen molar-refractivity contribution in [1.82, 2.24) is 24.3 Å². The molecule has 1 atom stereocenters. The summed E-state index contributed by atoms with van der Waals surface area (Å²) < 4.78 is 8.82. The van der Waals surface area contributed by atoms with E-state index in [4.69, 9.17) is 10.5 Å². The van der Waals surface area contributed by atoms with Crippen LogP contribution in [0.15, 0.2) is 61.1 Å². The van der Waals surface area contributed by atoms with Crippen molar-refractivity contribution in [1.29, 1.82) is 0 Å². The zero-order chi connectivity index (χ0) is 26.5. The molecule has 0 radical (unpaired) electrons. The Labute approximate surface area is 228 Å². The van der Waals surface area contributed by atoms with E-state index in [1.165, 1.54) is 11.1 Å². The van der Waals surface area contributed by atoms with Crippen molar-refractivity contribution in [2.45, 2.75) is 50.8 Å². The fourth-order valence-electron chi connectivity index (χ4n) is 6.53. The van der Waals surface area contributed by atoms with Crippen molar-refractivity contribution >= 4 is 22.8 Å². The molecule has 1 unspecified atom stereocenters. The third-order valence-corrected chi connectivity index (χ3v) is 8.89. The molecule has 1 saturated carbocycles. The molecule has 1 aliphatic carbocycles. The highest BCUT2D eigenvalue weighted by Crippen LogP contribution is 2.44. The highest BCUT2D eigenvalue weighted by Gasteiger charge is 2.37. The number of amides is 1. The smallest absolute Gasteiger partial charge is 0.219 e. The summed E-state index contributed by atoms with van der Waals surface area (Å²) in [7, 11) is 0. The van der Waals surface area contributed by atoms with Crippen LogP contribution in [0.5, 0.6) is 5.75 Å². The van der Waals surface area contributed by atoms with Crippen LogP contribution >= 0.6 is 0 Å². The minimum Gasteiger partial charge on any atom is -0.485 e. The van der Waals surface area contributed by atoms with Crippen LogP contribution in [0.25, 0.3) is 22.2 Å². The first-order valence-corrected chi connectivity index (χ1v) is 14.0. The Morgan fingerprint density at radius 1 is 1.00 bits per heavy atom. The molecule has 3 aliphatic rings. The first-order valence-electron chi connectivity index (χ1n) is 14.0. The number of aromatic nitrogens is 3. The van der Waals surface area contributed by atoms with Gasteiger partial charge in [-0.15, -0.1) is 0 Å². The van der Waals surface area contributed by atoms with E-state index < -0.39 is 0 Å². The molecule has 1 amide bonds. The first-order chi connectivity index (χ1) is 19.0. The molecule has 0 spiro atoms. The van der Waals surface area contributed by atoms with Gasteiger partial charge in [-0.3, -0.25) is 9.69 Å². The van der Waals surface area contributed by atoms with Gasteiger partial charge in [0.1, 0.15) is 29.6 Å². The SMILES string of the molecule is CC(=O)N1CCN(C2CC(n3cc(-c4ccc5c(c4)OC(c4ccccc4)CC5)c4c(N)ncnc43)C2)CC1. The van der Waals surface area contributed by atoms with Gasteiger partial charge in [-0.05, 0) is 48.4 Å². The quantitative estimate of drug-likeness (QED) is 0.421. The van der Waals surface area contributed by atoms with E-state index in [-0.39, 0.29) is 12.0 Å². The molecule has 2 aromatic heterocycles. The normalized spacial score (nSPS) is 23.2. The van der Waals surface area contributed by atoms with Gasteiger partial charge in [0, 0.05) is 56.9 Å². The molecule has 2 aliphatic heterocycles. The van der Waals surface area contributed by atoms with E-state index in [0.717, 1.165) is 79.8 Å². The maximum atomic E-state index is 11.7. The lowest BCUT2D eigenvalue weighted by molar-refractivity contribution is -0.131. The molecule has 8 nitrogen and oxygen atoms in total. The molecule has 8 heteroatoms. The number of anilines is 1. The largest absolute Gasteiger partial charge is 0.485 e. The Morgan fingerprint density at radius 2 is 1.79 bits per heavy atom. The third-order valence-electron chi connectivity index (χ3n) is 8.89. The Balaban J connectivity index is 1.15. The van der Waals surface area contributed by atoms with Crippen molar-refractivity contribution in [3.63, 3.8) is 0 Å². The number of nitrogen functional groups attached to an aromatic ring is 1. The number of ether oxygens (including phenoxy) is 1. The average molecular weight is 523 g/mol. The zero-order valence-electron chi connectivity index (χ0n) is 22.3. The number of fused-ring (bicyclic) bond motifs is 2. The van der Waals surface area contributed by atoms with E-state index >= 15 is 0 Å². The van der Waals surface area contributed by atoms with Crippen LogP contribution < -0.4 is 10.5 Å². The van der Waals surface area contributed by atoms with Crippen molar-refractivity contribution in [3.8, 4) is 16.9 Å². The van der Waals surface area contributed by atoms with Crippen molar-refractivity contribution in [2.24, 2.45) is 0 Å². The number of carbonyl (C=O) groups is 1. The zero-order valence-corrected chi connectivity index (χ0v) is 22.3. The van der Waals surface area contributed by atoms with Gasteiger partial charge < -0.3 is 19.9 Å². The van der Waals surface area contributed by atoms with Crippen molar-refractivity contribution in [2.75, 3.05) is 31.9 Å². The van der Waals surface area contributed by atoms with Gasteiger partial charge in [0.25, 0.3) is 0 Å².